The van der Waals surface area contributed by atoms with Crippen molar-refractivity contribution in [2.45, 2.75) is 149 Å². The Morgan fingerprint density at radius 1 is 0.677 bits per heavy atom. The number of nitrogens with zero attached hydrogens (tertiary/aromatic N) is 3. The third-order valence-electron chi connectivity index (χ3n) is 15.5. The first-order chi connectivity index (χ1) is 30.5. The third kappa shape index (κ3) is 6.96. The highest BCUT2D eigenvalue weighted by Gasteiger charge is 2.54. The number of rotatable bonds is 3. The zero-order valence-corrected chi connectivity index (χ0v) is 42.1. The Morgan fingerprint density at radius 3 is 1.89 bits per heavy atom. The van der Waals surface area contributed by atoms with Gasteiger partial charge in [0, 0.05) is 54.6 Å². The van der Waals surface area contributed by atoms with Gasteiger partial charge in [-0.15, -0.1) is 11.3 Å². The lowest BCUT2D eigenvalue weighted by molar-refractivity contribution is 0.332. The second-order valence-electron chi connectivity index (χ2n) is 24.1. The summed E-state index contributed by atoms with van der Waals surface area (Å²) in [6, 6.07) is 39.9. The van der Waals surface area contributed by atoms with Gasteiger partial charge in [-0.3, -0.25) is 0 Å². The van der Waals surface area contributed by atoms with Gasteiger partial charge >= 0.3 is 0 Å². The van der Waals surface area contributed by atoms with Gasteiger partial charge < -0.3 is 9.80 Å². The lowest BCUT2D eigenvalue weighted by Crippen LogP contribution is -2.62. The molecule has 2 aliphatic carbocycles. The molecule has 1 aromatic heterocycles. The third-order valence-corrected chi connectivity index (χ3v) is 16.8. The molecular formula is C60H66BN3S. The van der Waals surface area contributed by atoms with Crippen LogP contribution in [0, 0.1) is 11.3 Å². The number of hydrogen-bond donors (Lipinski definition) is 0. The molecule has 0 N–H and O–H groups in total. The number of fused-ring (bicyclic) bond motifs is 7. The summed E-state index contributed by atoms with van der Waals surface area (Å²) in [5.41, 5.74) is 18.8. The molecule has 5 heteroatoms. The largest absolute Gasteiger partial charge is 0.334 e. The van der Waals surface area contributed by atoms with E-state index in [1.54, 1.807) is 0 Å². The molecule has 2 unspecified atom stereocenters. The maximum absolute atomic E-state index is 10.6. The van der Waals surface area contributed by atoms with Gasteiger partial charge in [0.25, 0.3) is 0 Å². The Kier molecular flexibility index (Phi) is 9.79. The van der Waals surface area contributed by atoms with Gasteiger partial charge in [-0.2, -0.15) is 5.26 Å². The van der Waals surface area contributed by atoms with E-state index >= 15 is 0 Å². The summed E-state index contributed by atoms with van der Waals surface area (Å²) in [6.45, 7) is 33.1. The van der Waals surface area contributed by atoms with Crippen molar-refractivity contribution in [2.75, 3.05) is 9.80 Å². The normalized spacial score (nSPS) is 19.7. The highest BCUT2D eigenvalue weighted by molar-refractivity contribution is 7.32. The Bertz CT molecular complexity index is 3040. The molecule has 4 aliphatic rings. The van der Waals surface area contributed by atoms with Crippen LogP contribution in [0.5, 0.6) is 0 Å². The van der Waals surface area contributed by atoms with Gasteiger partial charge in [-0.05, 0) is 135 Å². The standard InChI is InChI=1S/C60H66BN3S/c1-36-29-50-53-51(30-36)64(48-25-21-39(57(5,6)7)31-43(48)42-18-16-15-17-37(42)35-62)49-26-22-40(58(8,9)10)32-47(49)61(53)55-54(63(50)41-23-19-38(20-24-41)56(2,3)4)44-33-45-46(34-52(44)65-55)60(13,14)28-27-59(45,11)12/h15-26,29-34,51,53H,27-28H2,1-14H3. The number of hydrogen-bond acceptors (Lipinski definition) is 4. The van der Waals surface area contributed by atoms with Crippen LogP contribution in [-0.2, 0) is 27.1 Å². The molecule has 3 nitrogen and oxygen atoms in total. The van der Waals surface area contributed by atoms with Crippen molar-refractivity contribution < 1.29 is 0 Å². The van der Waals surface area contributed by atoms with Crippen molar-refractivity contribution in [1.82, 2.24) is 0 Å². The SMILES string of the molecule is CC1=CC2C3B(c4cc(C(C)(C)C)ccc4N2c2ccc(C(C)(C)C)cc2-c2ccccc2C#N)c2sc4cc5c(cc4c2N(c2ccc(C(C)(C)C)cc2)C3=C1)C(C)(C)CCC5(C)C. The molecule has 2 atom stereocenters. The number of thiophene rings is 1. The van der Waals surface area contributed by atoms with E-state index in [4.69, 9.17) is 0 Å². The summed E-state index contributed by atoms with van der Waals surface area (Å²) in [5, 5.41) is 12.0. The number of nitriles is 1. The lowest BCUT2D eigenvalue weighted by atomic mass is 9.30. The molecule has 65 heavy (non-hydrogen) atoms. The fourth-order valence-corrected chi connectivity index (χ4v) is 12.9. The predicted molar refractivity (Wildman–Crippen MR) is 281 cm³/mol. The van der Waals surface area contributed by atoms with Crippen LogP contribution >= 0.6 is 11.3 Å². The smallest absolute Gasteiger partial charge is 0.239 e. The summed E-state index contributed by atoms with van der Waals surface area (Å²) < 4.78 is 2.85. The van der Waals surface area contributed by atoms with Gasteiger partial charge in [0.2, 0.25) is 6.71 Å². The number of anilines is 4. The summed E-state index contributed by atoms with van der Waals surface area (Å²) >= 11 is 2.04. The highest BCUT2D eigenvalue weighted by atomic mass is 32.1. The van der Waals surface area contributed by atoms with Crippen LogP contribution in [0.2, 0.25) is 5.82 Å². The minimum absolute atomic E-state index is 0.00209. The van der Waals surface area contributed by atoms with E-state index in [0.717, 1.165) is 16.8 Å². The van der Waals surface area contributed by atoms with E-state index in [9.17, 15) is 5.26 Å². The molecule has 0 radical (unpaired) electrons. The van der Waals surface area contributed by atoms with Crippen molar-refractivity contribution >= 4 is 61.1 Å². The Morgan fingerprint density at radius 2 is 1.26 bits per heavy atom. The van der Waals surface area contributed by atoms with E-state index in [-0.39, 0.29) is 45.6 Å². The monoisotopic (exact) mass is 872 g/mol. The first-order valence-electron chi connectivity index (χ1n) is 24.0. The van der Waals surface area contributed by atoms with Gasteiger partial charge in [0.15, 0.2) is 0 Å². The molecule has 6 aromatic rings. The molecule has 0 saturated carbocycles. The van der Waals surface area contributed by atoms with Gasteiger partial charge in [0.1, 0.15) is 0 Å². The van der Waals surface area contributed by atoms with Crippen molar-refractivity contribution in [1.29, 1.82) is 5.26 Å². The Hall–Kier alpha value is -5.31. The van der Waals surface area contributed by atoms with Gasteiger partial charge in [0.05, 0.1) is 23.4 Å². The second-order valence-corrected chi connectivity index (χ2v) is 25.2. The number of benzene rings is 5. The zero-order valence-electron chi connectivity index (χ0n) is 41.3. The van der Waals surface area contributed by atoms with E-state index < -0.39 is 0 Å². The fourth-order valence-electron chi connectivity index (χ4n) is 11.5. The van der Waals surface area contributed by atoms with Crippen LogP contribution in [-0.4, -0.2) is 12.8 Å². The summed E-state index contributed by atoms with van der Waals surface area (Å²) in [7, 11) is 0. The molecular weight excluding hydrogens is 806 g/mol. The van der Waals surface area contributed by atoms with Crippen LogP contribution in [0.25, 0.3) is 21.2 Å². The van der Waals surface area contributed by atoms with Gasteiger partial charge in [-0.25, -0.2) is 0 Å². The molecule has 0 saturated heterocycles. The molecule has 2 aliphatic heterocycles. The summed E-state index contributed by atoms with van der Waals surface area (Å²) in [6.07, 6.45) is 7.43. The molecule has 0 amide bonds. The molecule has 330 valence electrons. The molecule has 0 spiro atoms. The zero-order chi connectivity index (χ0) is 46.3. The average molecular weight is 872 g/mol. The van der Waals surface area contributed by atoms with Crippen LogP contribution in [0.1, 0.15) is 143 Å². The van der Waals surface area contributed by atoms with E-state index in [0.29, 0.717) is 5.56 Å². The van der Waals surface area contributed by atoms with Crippen molar-refractivity contribution in [3.05, 3.63) is 154 Å². The van der Waals surface area contributed by atoms with Gasteiger partial charge in [-0.1, -0.05) is 150 Å². The molecule has 10 rings (SSSR count). The Labute approximate surface area is 394 Å². The second kappa shape index (κ2) is 14.6. The number of allylic oxidation sites excluding steroid dienone is 2. The average Bonchev–Trinajstić information content (AvgIpc) is 3.61. The summed E-state index contributed by atoms with van der Waals surface area (Å²) in [5.74, 6) is 0.105. The van der Waals surface area contributed by atoms with E-state index in [2.05, 4.69) is 210 Å². The topological polar surface area (TPSA) is 30.3 Å². The van der Waals surface area contributed by atoms with Crippen molar-refractivity contribution in [3.63, 3.8) is 0 Å². The Balaban J connectivity index is 1.32. The molecule has 0 bridgehead atoms. The van der Waals surface area contributed by atoms with Crippen LogP contribution < -0.4 is 20.0 Å². The van der Waals surface area contributed by atoms with Crippen molar-refractivity contribution in [3.8, 4) is 17.2 Å². The van der Waals surface area contributed by atoms with E-state index in [1.165, 1.54) is 89.3 Å². The maximum Gasteiger partial charge on any atom is 0.239 e. The minimum atomic E-state index is -0.0771. The first-order valence-corrected chi connectivity index (χ1v) is 24.8. The molecule has 0 fully saturated rings. The minimum Gasteiger partial charge on any atom is -0.334 e. The highest BCUT2D eigenvalue weighted by Crippen LogP contribution is 2.57. The first kappa shape index (κ1) is 43.6. The maximum atomic E-state index is 10.6. The fraction of sp³-hybridized carbons (Fsp3) is 0.383. The molecule has 3 heterocycles. The molecule has 5 aromatic carbocycles. The van der Waals surface area contributed by atoms with Crippen LogP contribution in [0.3, 0.4) is 0 Å². The van der Waals surface area contributed by atoms with Crippen LogP contribution in [0.4, 0.5) is 22.7 Å². The van der Waals surface area contributed by atoms with Crippen LogP contribution in [0.15, 0.2) is 120 Å². The lowest BCUT2D eigenvalue weighted by Gasteiger charge is -2.53. The summed E-state index contributed by atoms with van der Waals surface area (Å²) in [4.78, 5) is 5.35. The quantitative estimate of drug-likeness (QED) is 0.166. The predicted octanol–water partition coefficient (Wildman–Crippen LogP) is 15.2. The van der Waals surface area contributed by atoms with E-state index in [1.807, 2.05) is 23.5 Å². The van der Waals surface area contributed by atoms with Crippen molar-refractivity contribution in [2.24, 2.45) is 0 Å².